The monoisotopic (exact) mass is 268 g/mol. The average molecular weight is 268 g/mol. The molecule has 0 aromatic carbocycles. The third-order valence-electron chi connectivity index (χ3n) is 2.45. The lowest BCUT2D eigenvalue weighted by molar-refractivity contribution is 0.199. The SMILES string of the molecule is COCCNCCc1nnc(-c2cnoc2C)s1. The molecule has 0 saturated carbocycles. The highest BCUT2D eigenvalue weighted by Gasteiger charge is 2.11. The van der Waals surface area contributed by atoms with E-state index < -0.39 is 0 Å². The Morgan fingerprint density at radius 1 is 1.39 bits per heavy atom. The molecule has 18 heavy (non-hydrogen) atoms. The van der Waals surface area contributed by atoms with Gasteiger partial charge in [-0.05, 0) is 6.92 Å². The van der Waals surface area contributed by atoms with Crippen molar-refractivity contribution in [3.8, 4) is 10.6 Å². The molecule has 2 heterocycles. The van der Waals surface area contributed by atoms with E-state index in [2.05, 4.69) is 20.7 Å². The molecule has 0 bridgehead atoms. The van der Waals surface area contributed by atoms with Crippen LogP contribution < -0.4 is 5.32 Å². The number of hydrogen-bond donors (Lipinski definition) is 1. The highest BCUT2D eigenvalue weighted by Crippen LogP contribution is 2.26. The van der Waals surface area contributed by atoms with Crippen molar-refractivity contribution in [2.24, 2.45) is 0 Å². The number of rotatable bonds is 7. The van der Waals surface area contributed by atoms with Gasteiger partial charge in [-0.2, -0.15) is 0 Å². The predicted molar refractivity (Wildman–Crippen MR) is 68.6 cm³/mol. The lowest BCUT2D eigenvalue weighted by Crippen LogP contribution is -2.21. The van der Waals surface area contributed by atoms with E-state index in [1.54, 1.807) is 24.6 Å². The van der Waals surface area contributed by atoms with Gasteiger partial charge in [0.2, 0.25) is 0 Å². The van der Waals surface area contributed by atoms with Crippen molar-refractivity contribution >= 4 is 11.3 Å². The summed E-state index contributed by atoms with van der Waals surface area (Å²) in [6.07, 6.45) is 2.54. The summed E-state index contributed by atoms with van der Waals surface area (Å²) in [6, 6.07) is 0. The van der Waals surface area contributed by atoms with Crippen molar-refractivity contribution in [1.29, 1.82) is 0 Å². The third-order valence-corrected chi connectivity index (χ3v) is 3.46. The Kier molecular flexibility index (Phi) is 4.80. The molecule has 2 aromatic heterocycles. The summed E-state index contributed by atoms with van der Waals surface area (Å²) in [4.78, 5) is 0. The van der Waals surface area contributed by atoms with Gasteiger partial charge in [-0.15, -0.1) is 10.2 Å². The number of aryl methyl sites for hydroxylation is 1. The van der Waals surface area contributed by atoms with Gasteiger partial charge in [0.1, 0.15) is 10.8 Å². The van der Waals surface area contributed by atoms with Crippen LogP contribution in [0.4, 0.5) is 0 Å². The summed E-state index contributed by atoms with van der Waals surface area (Å²) in [6.45, 7) is 4.32. The molecule has 0 amide bonds. The molecule has 2 rings (SSSR count). The summed E-state index contributed by atoms with van der Waals surface area (Å²) < 4.78 is 9.97. The summed E-state index contributed by atoms with van der Waals surface area (Å²) in [7, 11) is 1.69. The number of ether oxygens (including phenoxy) is 1. The van der Waals surface area contributed by atoms with E-state index in [-0.39, 0.29) is 0 Å². The maximum atomic E-state index is 5.02. The molecule has 98 valence electrons. The van der Waals surface area contributed by atoms with Gasteiger partial charge in [0.15, 0.2) is 5.01 Å². The molecular formula is C11H16N4O2S. The van der Waals surface area contributed by atoms with E-state index in [0.717, 1.165) is 47.5 Å². The van der Waals surface area contributed by atoms with Crippen LogP contribution >= 0.6 is 11.3 Å². The summed E-state index contributed by atoms with van der Waals surface area (Å²) in [5, 5.41) is 17.2. The van der Waals surface area contributed by atoms with Crippen molar-refractivity contribution in [1.82, 2.24) is 20.7 Å². The molecule has 0 aliphatic carbocycles. The van der Waals surface area contributed by atoms with E-state index >= 15 is 0 Å². The van der Waals surface area contributed by atoms with Crippen LogP contribution in [0.1, 0.15) is 10.8 Å². The number of methoxy groups -OCH3 is 1. The summed E-state index contributed by atoms with van der Waals surface area (Å²) >= 11 is 1.58. The minimum Gasteiger partial charge on any atom is -0.383 e. The second kappa shape index (κ2) is 6.58. The highest BCUT2D eigenvalue weighted by molar-refractivity contribution is 7.14. The Morgan fingerprint density at radius 2 is 2.28 bits per heavy atom. The molecule has 0 aliphatic heterocycles. The Morgan fingerprint density at radius 3 is 3.00 bits per heavy atom. The van der Waals surface area contributed by atoms with E-state index in [4.69, 9.17) is 9.26 Å². The van der Waals surface area contributed by atoms with Gasteiger partial charge >= 0.3 is 0 Å². The van der Waals surface area contributed by atoms with Crippen LogP contribution in [0.15, 0.2) is 10.7 Å². The molecule has 1 N–H and O–H groups in total. The van der Waals surface area contributed by atoms with Gasteiger partial charge < -0.3 is 14.6 Å². The van der Waals surface area contributed by atoms with Crippen LogP contribution in [0.5, 0.6) is 0 Å². The van der Waals surface area contributed by atoms with Crippen molar-refractivity contribution in [2.75, 3.05) is 26.8 Å². The number of nitrogens with zero attached hydrogens (tertiary/aromatic N) is 3. The van der Waals surface area contributed by atoms with Crippen molar-refractivity contribution < 1.29 is 9.26 Å². The molecule has 0 atom stereocenters. The van der Waals surface area contributed by atoms with Crippen LogP contribution in [0.3, 0.4) is 0 Å². The van der Waals surface area contributed by atoms with Crippen molar-refractivity contribution in [2.45, 2.75) is 13.3 Å². The topological polar surface area (TPSA) is 73.1 Å². The molecule has 0 fully saturated rings. The van der Waals surface area contributed by atoms with Gasteiger partial charge in [0, 0.05) is 26.6 Å². The van der Waals surface area contributed by atoms with Crippen LogP contribution in [0.2, 0.25) is 0 Å². The Balaban J connectivity index is 1.85. The number of hydrogen-bond acceptors (Lipinski definition) is 7. The van der Waals surface area contributed by atoms with Gasteiger partial charge in [-0.1, -0.05) is 16.5 Å². The van der Waals surface area contributed by atoms with Crippen LogP contribution in [-0.2, 0) is 11.2 Å². The van der Waals surface area contributed by atoms with Gasteiger partial charge in [-0.3, -0.25) is 0 Å². The minimum atomic E-state index is 0.723. The lowest BCUT2D eigenvalue weighted by Gasteiger charge is -2.00. The van der Waals surface area contributed by atoms with Gasteiger partial charge in [-0.25, -0.2) is 0 Å². The molecule has 2 aromatic rings. The third kappa shape index (κ3) is 3.34. The van der Waals surface area contributed by atoms with E-state index in [0.29, 0.717) is 0 Å². The van der Waals surface area contributed by atoms with Crippen molar-refractivity contribution in [3.05, 3.63) is 17.0 Å². The average Bonchev–Trinajstić information content (AvgIpc) is 2.97. The number of nitrogens with one attached hydrogen (secondary N) is 1. The summed E-state index contributed by atoms with van der Waals surface area (Å²) in [5.41, 5.74) is 0.922. The van der Waals surface area contributed by atoms with E-state index in [1.165, 1.54) is 0 Å². The fraction of sp³-hybridized carbons (Fsp3) is 0.545. The first kappa shape index (κ1) is 13.1. The normalized spacial score (nSPS) is 11.0. The first-order valence-corrected chi connectivity index (χ1v) is 6.56. The predicted octanol–water partition coefficient (Wildman–Crippen LogP) is 1.28. The molecule has 0 saturated heterocycles. The minimum absolute atomic E-state index is 0.723. The van der Waals surface area contributed by atoms with Crippen LogP contribution in [0.25, 0.3) is 10.6 Å². The second-order valence-electron chi connectivity index (χ2n) is 3.79. The largest absolute Gasteiger partial charge is 0.383 e. The first-order chi connectivity index (χ1) is 8.81. The molecular weight excluding hydrogens is 252 g/mol. The zero-order valence-electron chi connectivity index (χ0n) is 10.5. The zero-order chi connectivity index (χ0) is 12.8. The molecule has 7 heteroatoms. The first-order valence-electron chi connectivity index (χ1n) is 5.75. The quantitative estimate of drug-likeness (QED) is 0.763. The Bertz CT molecular complexity index is 483. The maximum absolute atomic E-state index is 5.02. The zero-order valence-corrected chi connectivity index (χ0v) is 11.3. The molecule has 0 unspecified atom stereocenters. The Labute approximate surface area is 109 Å². The van der Waals surface area contributed by atoms with E-state index in [1.807, 2.05) is 6.92 Å². The molecule has 0 radical (unpaired) electrons. The fourth-order valence-corrected chi connectivity index (χ4v) is 2.36. The fourth-order valence-electron chi connectivity index (χ4n) is 1.46. The summed E-state index contributed by atoms with van der Waals surface area (Å²) in [5.74, 6) is 0.774. The Hall–Kier alpha value is -1.31. The number of aromatic nitrogens is 3. The lowest BCUT2D eigenvalue weighted by atomic mass is 10.3. The molecule has 0 spiro atoms. The van der Waals surface area contributed by atoms with Crippen molar-refractivity contribution in [3.63, 3.8) is 0 Å². The van der Waals surface area contributed by atoms with E-state index in [9.17, 15) is 0 Å². The maximum Gasteiger partial charge on any atom is 0.152 e. The van der Waals surface area contributed by atoms with Gasteiger partial charge in [0.25, 0.3) is 0 Å². The highest BCUT2D eigenvalue weighted by atomic mass is 32.1. The smallest absolute Gasteiger partial charge is 0.152 e. The van der Waals surface area contributed by atoms with Gasteiger partial charge in [0.05, 0.1) is 18.4 Å². The molecule has 6 nitrogen and oxygen atoms in total. The standard InChI is InChI=1S/C11H16N4O2S/c1-8-9(7-13-17-8)11-15-14-10(18-11)3-4-12-5-6-16-2/h7,12H,3-6H2,1-2H3. The van der Waals surface area contributed by atoms with Crippen LogP contribution in [0, 0.1) is 6.92 Å². The second-order valence-corrected chi connectivity index (χ2v) is 4.85. The molecule has 0 aliphatic rings. The van der Waals surface area contributed by atoms with Crippen LogP contribution in [-0.4, -0.2) is 42.2 Å².